The summed E-state index contributed by atoms with van der Waals surface area (Å²) in [6, 6.07) is 5.00. The molecule has 1 aromatic carbocycles. The molecule has 17 heavy (non-hydrogen) atoms. The molecule has 1 N–H and O–H groups in total. The van der Waals surface area contributed by atoms with Crippen molar-refractivity contribution in [2.45, 2.75) is 32.2 Å². The molecule has 1 atom stereocenters. The number of anilines is 1. The minimum Gasteiger partial charge on any atom is -0.381 e. The molecule has 1 unspecified atom stereocenters. The van der Waals surface area contributed by atoms with E-state index in [2.05, 4.69) is 17.5 Å². The van der Waals surface area contributed by atoms with Gasteiger partial charge < -0.3 is 5.32 Å². The molecule has 1 aromatic rings. The number of nitrogens with one attached hydrogen (secondary N) is 1. The van der Waals surface area contributed by atoms with Crippen LogP contribution in [-0.2, 0) is 0 Å². The van der Waals surface area contributed by atoms with E-state index in [0.29, 0.717) is 11.7 Å². The Labute approximate surface area is 101 Å². The summed E-state index contributed by atoms with van der Waals surface area (Å²) in [4.78, 5) is 11.4. The zero-order valence-electron chi connectivity index (χ0n) is 9.87. The lowest BCUT2D eigenvalue weighted by Crippen LogP contribution is -2.21. The van der Waals surface area contributed by atoms with Crippen molar-refractivity contribution in [3.63, 3.8) is 0 Å². The topological polar surface area (TPSA) is 29.1 Å². The van der Waals surface area contributed by atoms with E-state index in [4.69, 9.17) is 0 Å². The third-order valence-corrected chi connectivity index (χ3v) is 2.99. The van der Waals surface area contributed by atoms with Gasteiger partial charge in [-0.2, -0.15) is 0 Å². The molecule has 1 aliphatic carbocycles. The van der Waals surface area contributed by atoms with Crippen molar-refractivity contribution in [1.29, 1.82) is 0 Å². The molecule has 0 bridgehead atoms. The Morgan fingerprint density at radius 2 is 2.24 bits per heavy atom. The van der Waals surface area contributed by atoms with E-state index in [0.717, 1.165) is 19.3 Å². The van der Waals surface area contributed by atoms with Crippen molar-refractivity contribution in [2.24, 2.45) is 0 Å². The van der Waals surface area contributed by atoms with Gasteiger partial charge in [0.1, 0.15) is 5.82 Å². The lowest BCUT2D eigenvalue weighted by molar-refractivity contribution is 0.101. The maximum absolute atomic E-state index is 13.6. The molecular weight excluding hydrogens is 217 g/mol. The van der Waals surface area contributed by atoms with E-state index in [1.165, 1.54) is 13.0 Å². The average Bonchev–Trinajstić information content (AvgIpc) is 2.30. The molecule has 0 fully saturated rings. The molecule has 0 radical (unpaired) electrons. The largest absolute Gasteiger partial charge is 0.381 e. The van der Waals surface area contributed by atoms with Gasteiger partial charge in [0.2, 0.25) is 0 Å². The number of Topliss-reactive ketones (excluding diaryl/α,β-unsaturated/α-hetero) is 1. The fourth-order valence-corrected chi connectivity index (χ4v) is 2.15. The molecule has 0 amide bonds. The maximum Gasteiger partial charge on any atom is 0.164 e. The van der Waals surface area contributed by atoms with Crippen molar-refractivity contribution < 1.29 is 9.18 Å². The van der Waals surface area contributed by atoms with Crippen molar-refractivity contribution >= 4 is 11.5 Å². The first-order chi connectivity index (χ1) is 8.18. The first-order valence-corrected chi connectivity index (χ1v) is 5.89. The van der Waals surface area contributed by atoms with E-state index in [1.807, 2.05) is 0 Å². The number of rotatable bonds is 3. The van der Waals surface area contributed by atoms with Crippen LogP contribution in [0.1, 0.15) is 36.5 Å². The number of allylic oxidation sites excluding steroid dienone is 1. The van der Waals surface area contributed by atoms with Crippen LogP contribution in [0.15, 0.2) is 30.4 Å². The summed E-state index contributed by atoms with van der Waals surface area (Å²) >= 11 is 0. The number of carbonyl (C=O) groups excluding carboxylic acids is 1. The van der Waals surface area contributed by atoms with Crippen molar-refractivity contribution in [2.75, 3.05) is 5.32 Å². The quantitative estimate of drug-likeness (QED) is 0.639. The Kier molecular flexibility index (Phi) is 3.57. The van der Waals surface area contributed by atoms with Crippen LogP contribution in [0.2, 0.25) is 0 Å². The average molecular weight is 233 g/mol. The minimum atomic E-state index is -0.450. The van der Waals surface area contributed by atoms with Crippen LogP contribution < -0.4 is 5.32 Å². The number of halogens is 1. The monoisotopic (exact) mass is 233 g/mol. The Balaban J connectivity index is 2.23. The molecule has 0 saturated carbocycles. The Bertz CT molecular complexity index is 454. The number of carbonyl (C=O) groups is 1. The molecule has 1 aliphatic rings. The van der Waals surface area contributed by atoms with Crippen molar-refractivity contribution in [3.8, 4) is 0 Å². The minimum absolute atomic E-state index is 0.169. The van der Waals surface area contributed by atoms with Crippen LogP contribution in [0.3, 0.4) is 0 Å². The lowest BCUT2D eigenvalue weighted by atomic mass is 10.0. The number of benzene rings is 1. The van der Waals surface area contributed by atoms with E-state index < -0.39 is 5.82 Å². The highest BCUT2D eigenvalue weighted by molar-refractivity contribution is 5.99. The zero-order valence-corrected chi connectivity index (χ0v) is 9.87. The van der Waals surface area contributed by atoms with Gasteiger partial charge in [-0.3, -0.25) is 4.79 Å². The second-order valence-electron chi connectivity index (χ2n) is 4.34. The van der Waals surface area contributed by atoms with Crippen molar-refractivity contribution in [3.05, 3.63) is 41.7 Å². The maximum atomic E-state index is 13.6. The summed E-state index contributed by atoms with van der Waals surface area (Å²) in [6.45, 7) is 1.39. The number of ketones is 1. The fourth-order valence-electron chi connectivity index (χ4n) is 2.15. The van der Waals surface area contributed by atoms with Gasteiger partial charge in [-0.25, -0.2) is 4.39 Å². The van der Waals surface area contributed by atoms with Gasteiger partial charge in [-0.1, -0.05) is 18.2 Å². The number of hydrogen-bond donors (Lipinski definition) is 1. The van der Waals surface area contributed by atoms with Gasteiger partial charge in [-0.05, 0) is 38.3 Å². The molecule has 0 saturated heterocycles. The summed E-state index contributed by atoms with van der Waals surface area (Å²) in [5.41, 5.74) is 0.778. The summed E-state index contributed by atoms with van der Waals surface area (Å²) in [5.74, 6) is -0.689. The second kappa shape index (κ2) is 5.13. The van der Waals surface area contributed by atoms with Gasteiger partial charge in [0.15, 0.2) is 5.78 Å². The Morgan fingerprint density at radius 1 is 1.41 bits per heavy atom. The van der Waals surface area contributed by atoms with Gasteiger partial charge in [0.05, 0.1) is 5.56 Å². The van der Waals surface area contributed by atoms with Crippen LogP contribution in [0.4, 0.5) is 10.1 Å². The summed E-state index contributed by atoms with van der Waals surface area (Å²) in [6.07, 6.45) is 7.24. The molecule has 2 rings (SSSR count). The number of hydrogen-bond acceptors (Lipinski definition) is 2. The molecular formula is C14H16FNO. The second-order valence-corrected chi connectivity index (χ2v) is 4.34. The summed E-state index contributed by atoms with van der Waals surface area (Å²) in [7, 11) is 0. The molecule has 3 heteroatoms. The molecule has 0 aliphatic heterocycles. The Morgan fingerprint density at radius 3 is 2.88 bits per heavy atom. The lowest BCUT2D eigenvalue weighted by Gasteiger charge is -2.22. The van der Waals surface area contributed by atoms with Crippen molar-refractivity contribution in [1.82, 2.24) is 0 Å². The standard InChI is InChI=1S/C14H16FNO/c1-10(17)14-12(15)8-5-9-13(14)16-11-6-3-2-4-7-11/h2-3,5,8-9,11,16H,4,6-7H2,1H3. The predicted molar refractivity (Wildman–Crippen MR) is 66.8 cm³/mol. The predicted octanol–water partition coefficient (Wildman–Crippen LogP) is 3.55. The van der Waals surface area contributed by atoms with Gasteiger partial charge in [0, 0.05) is 11.7 Å². The van der Waals surface area contributed by atoms with Crippen LogP contribution in [0, 0.1) is 5.82 Å². The van der Waals surface area contributed by atoms with E-state index in [-0.39, 0.29) is 11.3 Å². The SMILES string of the molecule is CC(=O)c1c(F)cccc1NC1CC=CCC1. The molecule has 90 valence electrons. The first kappa shape index (κ1) is 11.8. The highest BCUT2D eigenvalue weighted by Crippen LogP contribution is 2.23. The van der Waals surface area contributed by atoms with E-state index in [1.54, 1.807) is 12.1 Å². The van der Waals surface area contributed by atoms with Gasteiger partial charge in [-0.15, -0.1) is 0 Å². The first-order valence-electron chi connectivity index (χ1n) is 5.89. The smallest absolute Gasteiger partial charge is 0.164 e. The van der Waals surface area contributed by atoms with Crippen LogP contribution in [0.5, 0.6) is 0 Å². The van der Waals surface area contributed by atoms with E-state index in [9.17, 15) is 9.18 Å². The van der Waals surface area contributed by atoms with Crippen LogP contribution >= 0.6 is 0 Å². The highest BCUT2D eigenvalue weighted by Gasteiger charge is 2.16. The van der Waals surface area contributed by atoms with Crippen LogP contribution in [0.25, 0.3) is 0 Å². The van der Waals surface area contributed by atoms with E-state index >= 15 is 0 Å². The van der Waals surface area contributed by atoms with Crippen LogP contribution in [-0.4, -0.2) is 11.8 Å². The molecule has 0 spiro atoms. The molecule has 0 heterocycles. The molecule has 0 aromatic heterocycles. The zero-order chi connectivity index (χ0) is 12.3. The Hall–Kier alpha value is -1.64. The fraction of sp³-hybridized carbons (Fsp3) is 0.357. The normalized spacial score (nSPS) is 19.1. The third kappa shape index (κ3) is 2.73. The third-order valence-electron chi connectivity index (χ3n) is 2.99. The highest BCUT2D eigenvalue weighted by atomic mass is 19.1. The molecule has 2 nitrogen and oxygen atoms in total. The summed E-state index contributed by atoms with van der Waals surface area (Å²) < 4.78 is 13.6. The van der Waals surface area contributed by atoms with Gasteiger partial charge in [0.25, 0.3) is 0 Å². The summed E-state index contributed by atoms with van der Waals surface area (Å²) in [5, 5.41) is 3.26. The van der Waals surface area contributed by atoms with Gasteiger partial charge >= 0.3 is 0 Å².